The Bertz CT molecular complexity index is 665. The fraction of sp³-hybridized carbons (Fsp3) is 0.188. The normalized spacial score (nSPS) is 16.5. The van der Waals surface area contributed by atoms with E-state index in [0.717, 1.165) is 6.42 Å². The van der Waals surface area contributed by atoms with Gasteiger partial charge in [-0.1, -0.05) is 30.4 Å². The van der Waals surface area contributed by atoms with Crippen molar-refractivity contribution in [3.8, 4) is 5.75 Å². The zero-order chi connectivity index (χ0) is 14.8. The summed E-state index contributed by atoms with van der Waals surface area (Å²) in [6.45, 7) is 0.547. The second-order valence-electron chi connectivity index (χ2n) is 4.87. The molecule has 108 valence electrons. The van der Waals surface area contributed by atoms with Gasteiger partial charge in [0, 0.05) is 21.8 Å². The van der Waals surface area contributed by atoms with Gasteiger partial charge in [-0.25, -0.2) is 4.39 Å². The number of nitrogens with two attached hydrogens (primary N) is 1. The van der Waals surface area contributed by atoms with Crippen LogP contribution in [0, 0.1) is 5.82 Å². The van der Waals surface area contributed by atoms with Gasteiger partial charge in [0.15, 0.2) is 0 Å². The molecule has 1 heterocycles. The number of fused-ring (bicyclic) bond motifs is 1. The van der Waals surface area contributed by atoms with Crippen molar-refractivity contribution in [1.82, 2.24) is 0 Å². The molecule has 0 radical (unpaired) electrons. The van der Waals surface area contributed by atoms with Crippen LogP contribution in [0.4, 0.5) is 4.39 Å². The van der Waals surface area contributed by atoms with Gasteiger partial charge in [-0.15, -0.1) is 11.8 Å². The molecular formula is C16H14FNOS2. The van der Waals surface area contributed by atoms with Gasteiger partial charge in [0.05, 0.1) is 0 Å². The third kappa shape index (κ3) is 3.19. The zero-order valence-corrected chi connectivity index (χ0v) is 12.8. The maximum atomic E-state index is 13.8. The zero-order valence-electron chi connectivity index (χ0n) is 11.2. The summed E-state index contributed by atoms with van der Waals surface area (Å²) in [5.74, 6) is 0.0615. The molecule has 3 rings (SSSR count). The highest BCUT2D eigenvalue weighted by Crippen LogP contribution is 2.36. The minimum atomic E-state index is -0.442. The van der Waals surface area contributed by atoms with E-state index in [2.05, 4.69) is 12.1 Å². The Balaban J connectivity index is 1.62. The average Bonchev–Trinajstić information content (AvgIpc) is 2.87. The summed E-state index contributed by atoms with van der Waals surface area (Å²) >= 11 is 6.59. The van der Waals surface area contributed by atoms with Crippen LogP contribution < -0.4 is 10.5 Å². The Labute approximate surface area is 132 Å². The van der Waals surface area contributed by atoms with E-state index < -0.39 is 5.82 Å². The Kier molecular flexibility index (Phi) is 4.12. The number of benzene rings is 2. The van der Waals surface area contributed by atoms with Crippen LogP contribution in [-0.2, 0) is 6.42 Å². The van der Waals surface area contributed by atoms with E-state index in [1.54, 1.807) is 12.1 Å². The first-order valence-corrected chi connectivity index (χ1v) is 7.89. The van der Waals surface area contributed by atoms with Crippen LogP contribution in [0.1, 0.15) is 11.1 Å². The summed E-state index contributed by atoms with van der Waals surface area (Å²) in [6, 6.07) is 12.9. The van der Waals surface area contributed by atoms with E-state index in [1.807, 2.05) is 23.9 Å². The molecule has 1 atom stereocenters. The summed E-state index contributed by atoms with van der Waals surface area (Å²) in [6.07, 6.45) is 0.980. The molecule has 0 aromatic heterocycles. The van der Waals surface area contributed by atoms with Crippen LogP contribution in [0.25, 0.3) is 0 Å². The lowest BCUT2D eigenvalue weighted by atomic mass is 10.1. The highest BCUT2D eigenvalue weighted by atomic mass is 32.2. The van der Waals surface area contributed by atoms with E-state index in [-0.39, 0.29) is 10.6 Å². The fourth-order valence-corrected chi connectivity index (χ4v) is 3.71. The molecule has 1 unspecified atom stereocenters. The Hall–Kier alpha value is -1.59. The highest BCUT2D eigenvalue weighted by Gasteiger charge is 2.22. The second-order valence-corrected chi connectivity index (χ2v) is 6.65. The molecule has 2 nitrogen and oxygen atoms in total. The first-order chi connectivity index (χ1) is 10.1. The first-order valence-electron chi connectivity index (χ1n) is 6.60. The number of rotatable bonds is 4. The largest absolute Gasteiger partial charge is 0.492 e. The lowest BCUT2D eigenvalue weighted by Gasteiger charge is -2.11. The lowest BCUT2D eigenvalue weighted by molar-refractivity contribution is 0.316. The van der Waals surface area contributed by atoms with E-state index in [4.69, 9.17) is 22.7 Å². The molecule has 21 heavy (non-hydrogen) atoms. The first kappa shape index (κ1) is 14.4. The minimum Gasteiger partial charge on any atom is -0.492 e. The summed E-state index contributed by atoms with van der Waals surface area (Å²) in [5.41, 5.74) is 7.04. The van der Waals surface area contributed by atoms with E-state index in [0.29, 0.717) is 17.6 Å². The quantitative estimate of drug-likeness (QED) is 0.874. The third-order valence-corrected chi connectivity index (χ3v) is 4.86. The van der Waals surface area contributed by atoms with Gasteiger partial charge in [-0.2, -0.15) is 0 Å². The van der Waals surface area contributed by atoms with Gasteiger partial charge < -0.3 is 10.5 Å². The molecule has 2 aromatic carbocycles. The van der Waals surface area contributed by atoms with Crippen LogP contribution in [-0.4, -0.2) is 16.8 Å². The predicted octanol–water partition coefficient (Wildman–Crippen LogP) is 3.56. The van der Waals surface area contributed by atoms with Gasteiger partial charge in [0.2, 0.25) is 0 Å². The van der Waals surface area contributed by atoms with Crippen molar-refractivity contribution in [2.75, 3.05) is 6.61 Å². The third-order valence-electron chi connectivity index (χ3n) is 3.36. The summed E-state index contributed by atoms with van der Waals surface area (Å²) in [4.78, 5) is 1.36. The maximum Gasteiger partial charge on any atom is 0.137 e. The van der Waals surface area contributed by atoms with Crippen molar-refractivity contribution in [2.24, 2.45) is 5.73 Å². The van der Waals surface area contributed by atoms with Crippen molar-refractivity contribution in [2.45, 2.75) is 16.6 Å². The lowest BCUT2D eigenvalue weighted by Crippen LogP contribution is -2.14. The summed E-state index contributed by atoms with van der Waals surface area (Å²) < 4.78 is 19.5. The number of ether oxygens (including phenoxy) is 1. The topological polar surface area (TPSA) is 35.2 Å². The smallest absolute Gasteiger partial charge is 0.137 e. The molecule has 2 N–H and O–H groups in total. The van der Waals surface area contributed by atoms with Crippen molar-refractivity contribution in [3.63, 3.8) is 0 Å². The van der Waals surface area contributed by atoms with Crippen molar-refractivity contribution in [1.29, 1.82) is 0 Å². The predicted molar refractivity (Wildman–Crippen MR) is 87.6 cm³/mol. The van der Waals surface area contributed by atoms with Crippen molar-refractivity contribution < 1.29 is 9.13 Å². The molecule has 0 fully saturated rings. The van der Waals surface area contributed by atoms with Gasteiger partial charge in [-0.3, -0.25) is 0 Å². The van der Waals surface area contributed by atoms with Crippen LogP contribution in [0.2, 0.25) is 0 Å². The fourth-order valence-electron chi connectivity index (χ4n) is 2.32. The van der Waals surface area contributed by atoms with E-state index in [1.165, 1.54) is 16.5 Å². The highest BCUT2D eigenvalue weighted by molar-refractivity contribution is 8.00. The average molecular weight is 319 g/mol. The standard InChI is InChI=1S/C16H14FNOS2/c17-14-8-11(5-6-13(14)16(18)20)19-9-12-7-10-3-1-2-4-15(10)21-12/h1-6,8,12H,7,9H2,(H2,18,20). The molecular weight excluding hydrogens is 305 g/mol. The second kappa shape index (κ2) is 6.03. The van der Waals surface area contributed by atoms with Crippen molar-refractivity contribution in [3.05, 3.63) is 59.4 Å². The van der Waals surface area contributed by atoms with Crippen LogP contribution in [0.3, 0.4) is 0 Å². The van der Waals surface area contributed by atoms with E-state index in [9.17, 15) is 4.39 Å². The van der Waals surface area contributed by atoms with Gasteiger partial charge >= 0.3 is 0 Å². The Morgan fingerprint density at radius 1 is 1.33 bits per heavy atom. The number of hydrogen-bond donors (Lipinski definition) is 1. The van der Waals surface area contributed by atoms with Gasteiger partial charge in [0.1, 0.15) is 23.2 Å². The van der Waals surface area contributed by atoms with Gasteiger partial charge in [0.25, 0.3) is 0 Å². The summed E-state index contributed by atoms with van der Waals surface area (Å²) in [7, 11) is 0. The number of hydrogen-bond acceptors (Lipinski definition) is 3. The Morgan fingerprint density at radius 2 is 2.14 bits per heavy atom. The molecule has 5 heteroatoms. The van der Waals surface area contributed by atoms with Gasteiger partial charge in [-0.05, 0) is 30.2 Å². The molecule has 0 aliphatic carbocycles. The van der Waals surface area contributed by atoms with Crippen molar-refractivity contribution >= 4 is 29.0 Å². The van der Waals surface area contributed by atoms with Crippen LogP contribution in [0.15, 0.2) is 47.4 Å². The minimum absolute atomic E-state index is 0.0563. The molecule has 0 saturated heterocycles. The molecule has 0 saturated carbocycles. The maximum absolute atomic E-state index is 13.8. The summed E-state index contributed by atoms with van der Waals surface area (Å²) in [5, 5.41) is 0.362. The Morgan fingerprint density at radius 3 is 2.86 bits per heavy atom. The SMILES string of the molecule is NC(=S)c1ccc(OCC2Cc3ccccc3S2)cc1F. The number of thiocarbonyl (C=S) groups is 1. The molecule has 1 aliphatic heterocycles. The number of thioether (sulfide) groups is 1. The molecule has 0 bridgehead atoms. The number of halogens is 1. The van der Waals surface area contributed by atoms with E-state index >= 15 is 0 Å². The molecule has 2 aromatic rings. The molecule has 0 amide bonds. The monoisotopic (exact) mass is 319 g/mol. The van der Waals surface area contributed by atoms with Crippen LogP contribution >= 0.6 is 24.0 Å². The van der Waals surface area contributed by atoms with Crippen LogP contribution in [0.5, 0.6) is 5.75 Å². The molecule has 1 aliphatic rings. The molecule has 0 spiro atoms.